The van der Waals surface area contributed by atoms with E-state index < -0.39 is 12.1 Å². The number of benzene rings is 1. The number of carbonyl (C=O) groups excluding carboxylic acids is 1. The molecule has 6 nitrogen and oxygen atoms in total. The maximum absolute atomic E-state index is 12.0. The van der Waals surface area contributed by atoms with E-state index in [4.69, 9.17) is 9.90 Å². The van der Waals surface area contributed by atoms with Crippen molar-refractivity contribution in [2.75, 3.05) is 6.54 Å². The van der Waals surface area contributed by atoms with Crippen LogP contribution in [0.4, 0.5) is 13.2 Å². The average Bonchev–Trinajstić information content (AvgIpc) is 3.21. The van der Waals surface area contributed by atoms with Gasteiger partial charge in [-0.25, -0.2) is 4.79 Å². The third kappa shape index (κ3) is 5.92. The number of H-pyrrole nitrogens is 1. The molecule has 1 amide bonds. The average molecular weight is 471 g/mol. The molecular weight excluding hydrogens is 447 g/mol. The summed E-state index contributed by atoms with van der Waals surface area (Å²) in [6, 6.07) is 10.4. The summed E-state index contributed by atoms with van der Waals surface area (Å²) in [6.45, 7) is 7.08. The highest BCUT2D eigenvalue weighted by Crippen LogP contribution is 2.25. The predicted molar refractivity (Wildman–Crippen MR) is 123 cm³/mol. The second-order valence-corrected chi connectivity index (χ2v) is 7.98. The Morgan fingerprint density at radius 2 is 1.74 bits per heavy atom. The van der Waals surface area contributed by atoms with Crippen LogP contribution in [-0.2, 0) is 11.2 Å². The Morgan fingerprint density at radius 3 is 2.38 bits per heavy atom. The maximum atomic E-state index is 12.0. The molecule has 0 saturated carbocycles. The summed E-state index contributed by atoms with van der Waals surface area (Å²) in [5.74, 6) is -2.76. The van der Waals surface area contributed by atoms with Crippen molar-refractivity contribution in [3.05, 3.63) is 75.7 Å². The van der Waals surface area contributed by atoms with Crippen molar-refractivity contribution in [2.24, 2.45) is 0 Å². The number of aliphatic carboxylic acids is 1. The van der Waals surface area contributed by atoms with Crippen LogP contribution >= 0.6 is 0 Å². The molecule has 0 spiro atoms. The van der Waals surface area contributed by atoms with Gasteiger partial charge in [-0.1, -0.05) is 18.2 Å². The molecule has 1 aliphatic heterocycles. The fraction of sp³-hybridized carbons (Fsp3) is 0.240. The molecule has 3 aromatic rings. The van der Waals surface area contributed by atoms with Crippen LogP contribution < -0.4 is 5.32 Å². The molecule has 0 saturated heterocycles. The number of amides is 1. The van der Waals surface area contributed by atoms with Gasteiger partial charge < -0.3 is 15.4 Å². The Morgan fingerprint density at radius 1 is 1.06 bits per heavy atom. The van der Waals surface area contributed by atoms with Crippen molar-refractivity contribution in [3.8, 4) is 11.3 Å². The number of carboxylic acids is 1. The number of fused-ring (bicyclic) bond motifs is 1. The Hall–Kier alpha value is -3.88. The van der Waals surface area contributed by atoms with Crippen LogP contribution in [-0.4, -0.2) is 39.7 Å². The molecule has 2 aromatic heterocycles. The van der Waals surface area contributed by atoms with E-state index in [9.17, 15) is 18.0 Å². The normalized spacial score (nSPS) is 13.2. The number of halogens is 3. The summed E-state index contributed by atoms with van der Waals surface area (Å²) >= 11 is 0. The van der Waals surface area contributed by atoms with Gasteiger partial charge in [0.15, 0.2) is 0 Å². The lowest BCUT2D eigenvalue weighted by Gasteiger charge is -2.10. The van der Waals surface area contributed by atoms with E-state index in [0.29, 0.717) is 6.54 Å². The van der Waals surface area contributed by atoms with Crippen molar-refractivity contribution >= 4 is 24.0 Å². The van der Waals surface area contributed by atoms with Crippen LogP contribution in [0, 0.1) is 20.8 Å². The molecule has 0 atom stereocenters. The van der Waals surface area contributed by atoms with Crippen LogP contribution in [0.25, 0.3) is 23.4 Å². The zero-order valence-electron chi connectivity index (χ0n) is 18.9. The van der Waals surface area contributed by atoms with Crippen molar-refractivity contribution in [3.63, 3.8) is 0 Å². The highest BCUT2D eigenvalue weighted by atomic mass is 19.4. The number of alkyl halides is 3. The highest BCUT2D eigenvalue weighted by molar-refractivity contribution is 5.97. The number of nitrogens with zero attached hydrogens (tertiary/aromatic N) is 1. The molecule has 4 rings (SSSR count). The third-order valence-corrected chi connectivity index (χ3v) is 5.46. The van der Waals surface area contributed by atoms with E-state index in [1.165, 1.54) is 22.3 Å². The SMILES string of the molecule is Cc1cc(C)c(/C=C/c2cc(-c3cc4c([nH]3)CCNC4=O)ccn2)cc1C.O=C(O)C(F)(F)F. The van der Waals surface area contributed by atoms with Gasteiger partial charge in [0.1, 0.15) is 0 Å². The van der Waals surface area contributed by atoms with E-state index in [-0.39, 0.29) is 5.91 Å². The molecule has 0 aliphatic carbocycles. The number of aromatic nitrogens is 2. The van der Waals surface area contributed by atoms with Gasteiger partial charge in [0.05, 0.1) is 11.3 Å². The number of hydrogen-bond donors (Lipinski definition) is 3. The lowest BCUT2D eigenvalue weighted by atomic mass is 10.0. The molecule has 1 aromatic carbocycles. The van der Waals surface area contributed by atoms with Crippen molar-refractivity contribution in [1.29, 1.82) is 0 Å². The number of nitrogens with one attached hydrogen (secondary N) is 2. The third-order valence-electron chi connectivity index (χ3n) is 5.46. The fourth-order valence-corrected chi connectivity index (χ4v) is 3.49. The summed E-state index contributed by atoms with van der Waals surface area (Å²) < 4.78 is 31.7. The van der Waals surface area contributed by atoms with Gasteiger partial charge in [-0.05, 0) is 67.3 Å². The van der Waals surface area contributed by atoms with Crippen LogP contribution in [0.5, 0.6) is 0 Å². The number of pyridine rings is 1. The summed E-state index contributed by atoms with van der Waals surface area (Å²) in [4.78, 5) is 28.7. The van der Waals surface area contributed by atoms with Crippen molar-refractivity contribution in [2.45, 2.75) is 33.4 Å². The zero-order valence-corrected chi connectivity index (χ0v) is 18.9. The number of aryl methyl sites for hydroxylation is 3. The first kappa shape index (κ1) is 24.8. The minimum absolute atomic E-state index is 0.00172. The highest BCUT2D eigenvalue weighted by Gasteiger charge is 2.38. The number of rotatable bonds is 3. The van der Waals surface area contributed by atoms with Crippen LogP contribution in [0.3, 0.4) is 0 Å². The second-order valence-electron chi connectivity index (χ2n) is 7.98. The quantitative estimate of drug-likeness (QED) is 0.496. The number of carbonyl (C=O) groups is 2. The Balaban J connectivity index is 0.000000406. The van der Waals surface area contributed by atoms with Gasteiger partial charge in [-0.15, -0.1) is 0 Å². The second kappa shape index (κ2) is 9.94. The predicted octanol–water partition coefficient (Wildman–Crippen LogP) is 5.09. The largest absolute Gasteiger partial charge is 0.490 e. The molecule has 1 aliphatic rings. The first-order chi connectivity index (χ1) is 16.0. The Labute approximate surface area is 194 Å². The van der Waals surface area contributed by atoms with E-state index >= 15 is 0 Å². The van der Waals surface area contributed by atoms with Gasteiger partial charge >= 0.3 is 12.1 Å². The lowest BCUT2D eigenvalue weighted by Crippen LogP contribution is -2.31. The molecule has 3 heterocycles. The van der Waals surface area contributed by atoms with Gasteiger partial charge in [-0.3, -0.25) is 9.78 Å². The molecule has 3 N–H and O–H groups in total. The molecule has 0 fully saturated rings. The van der Waals surface area contributed by atoms with Crippen LogP contribution in [0.1, 0.15) is 44.0 Å². The summed E-state index contributed by atoms with van der Waals surface area (Å²) in [5, 5.41) is 10.0. The molecule has 0 bridgehead atoms. The maximum Gasteiger partial charge on any atom is 0.490 e. The van der Waals surface area contributed by atoms with Gasteiger partial charge in [-0.2, -0.15) is 13.2 Å². The van der Waals surface area contributed by atoms with Crippen LogP contribution in [0.15, 0.2) is 36.5 Å². The van der Waals surface area contributed by atoms with Crippen molar-refractivity contribution in [1.82, 2.24) is 15.3 Å². The first-order valence-corrected chi connectivity index (χ1v) is 10.5. The van der Waals surface area contributed by atoms with Crippen molar-refractivity contribution < 1.29 is 27.9 Å². The van der Waals surface area contributed by atoms with Gasteiger partial charge in [0.2, 0.25) is 0 Å². The monoisotopic (exact) mass is 471 g/mol. The number of carboxylic acid groups (broad SMARTS) is 1. The molecule has 0 radical (unpaired) electrons. The summed E-state index contributed by atoms with van der Waals surface area (Å²) in [7, 11) is 0. The fourth-order valence-electron chi connectivity index (χ4n) is 3.49. The standard InChI is InChI=1S/C23H23N3O.C2HF3O2/c1-14-10-16(3)17(11-15(14)2)4-5-19-12-18(6-8-24-19)22-13-20-21(26-22)7-9-25-23(20)27;3-2(4,5)1(6)7/h4-6,8,10-13,26H,7,9H2,1-3H3,(H,25,27);(H,6,7)/b5-4+;. The molecule has 9 heteroatoms. The van der Waals surface area contributed by atoms with Gasteiger partial charge in [0, 0.05) is 36.1 Å². The zero-order chi connectivity index (χ0) is 25.0. The van der Waals surface area contributed by atoms with E-state index in [0.717, 1.165) is 34.6 Å². The van der Waals surface area contributed by atoms with E-state index in [2.05, 4.69) is 54.3 Å². The first-order valence-electron chi connectivity index (χ1n) is 10.5. The Kier molecular flexibility index (Phi) is 7.24. The summed E-state index contributed by atoms with van der Waals surface area (Å²) in [6.07, 6.45) is 1.71. The van der Waals surface area contributed by atoms with E-state index in [1.54, 1.807) is 0 Å². The van der Waals surface area contributed by atoms with Gasteiger partial charge in [0.25, 0.3) is 5.91 Å². The lowest BCUT2D eigenvalue weighted by molar-refractivity contribution is -0.192. The molecular formula is C25H24F3N3O3. The Bertz CT molecular complexity index is 1260. The molecule has 178 valence electrons. The number of aromatic amines is 1. The number of hydrogen-bond acceptors (Lipinski definition) is 3. The van der Waals surface area contributed by atoms with E-state index in [1.807, 2.05) is 30.5 Å². The minimum Gasteiger partial charge on any atom is -0.475 e. The minimum atomic E-state index is -5.08. The molecule has 0 unspecified atom stereocenters. The molecule has 34 heavy (non-hydrogen) atoms. The summed E-state index contributed by atoms with van der Waals surface area (Å²) in [5.41, 5.74) is 9.69. The van der Waals surface area contributed by atoms with Crippen LogP contribution in [0.2, 0.25) is 0 Å². The topological polar surface area (TPSA) is 95.1 Å². The smallest absolute Gasteiger partial charge is 0.475 e.